The smallest absolute Gasteiger partial charge is 0.260 e. The van der Waals surface area contributed by atoms with Crippen LogP contribution in [0.1, 0.15) is 18.5 Å². The summed E-state index contributed by atoms with van der Waals surface area (Å²) in [6, 6.07) is 14.9. The average molecular weight is 377 g/mol. The van der Waals surface area contributed by atoms with Gasteiger partial charge in [0.25, 0.3) is 5.91 Å². The molecule has 0 spiro atoms. The minimum atomic E-state index is -0.650. The Labute approximate surface area is 159 Å². The van der Waals surface area contributed by atoms with Crippen LogP contribution in [0.3, 0.4) is 0 Å². The molecular formula is C20H25ClN2O3. The van der Waals surface area contributed by atoms with Crippen molar-refractivity contribution in [1.82, 2.24) is 10.2 Å². The van der Waals surface area contributed by atoms with E-state index in [1.807, 2.05) is 50.5 Å². The van der Waals surface area contributed by atoms with Crippen LogP contribution in [-0.4, -0.2) is 44.7 Å². The number of para-hydroxylation sites is 1. The third-order valence-electron chi connectivity index (χ3n) is 4.08. The predicted octanol–water partition coefficient (Wildman–Crippen LogP) is 3.54. The molecule has 140 valence electrons. The number of nitrogens with zero attached hydrogens (tertiary/aromatic N) is 1. The molecule has 2 aromatic carbocycles. The summed E-state index contributed by atoms with van der Waals surface area (Å²) in [6.07, 6.45) is -0.650. The number of carbonyl (C=O) groups is 1. The fourth-order valence-electron chi connectivity index (χ4n) is 2.57. The molecule has 26 heavy (non-hydrogen) atoms. The van der Waals surface area contributed by atoms with Crippen LogP contribution < -0.4 is 14.8 Å². The van der Waals surface area contributed by atoms with E-state index in [1.54, 1.807) is 26.2 Å². The summed E-state index contributed by atoms with van der Waals surface area (Å²) >= 11 is 6.08. The molecule has 0 radical (unpaired) electrons. The van der Waals surface area contributed by atoms with Crippen LogP contribution in [0.4, 0.5) is 0 Å². The summed E-state index contributed by atoms with van der Waals surface area (Å²) in [5.74, 6) is 1.09. The van der Waals surface area contributed by atoms with Gasteiger partial charge in [-0.25, -0.2) is 0 Å². The fourth-order valence-corrected chi connectivity index (χ4v) is 2.75. The number of hydrogen-bond donors (Lipinski definition) is 1. The molecule has 2 atom stereocenters. The highest BCUT2D eigenvalue weighted by Gasteiger charge is 2.20. The Balaban J connectivity index is 1.99. The molecule has 2 unspecified atom stereocenters. The van der Waals surface area contributed by atoms with Crippen molar-refractivity contribution in [3.05, 3.63) is 59.1 Å². The summed E-state index contributed by atoms with van der Waals surface area (Å²) in [5, 5.41) is 3.43. The van der Waals surface area contributed by atoms with Crippen molar-refractivity contribution < 1.29 is 14.3 Å². The Morgan fingerprint density at radius 1 is 1.19 bits per heavy atom. The van der Waals surface area contributed by atoms with Crippen LogP contribution >= 0.6 is 11.6 Å². The van der Waals surface area contributed by atoms with E-state index in [2.05, 4.69) is 10.2 Å². The van der Waals surface area contributed by atoms with Crippen LogP contribution in [0.5, 0.6) is 11.5 Å². The van der Waals surface area contributed by atoms with Gasteiger partial charge in [-0.2, -0.15) is 0 Å². The summed E-state index contributed by atoms with van der Waals surface area (Å²) in [4.78, 5) is 14.5. The first kappa shape index (κ1) is 20.1. The van der Waals surface area contributed by atoms with Crippen molar-refractivity contribution in [2.75, 3.05) is 27.7 Å². The lowest BCUT2D eigenvalue weighted by Crippen LogP contribution is -2.41. The second-order valence-corrected chi connectivity index (χ2v) is 6.60. The number of methoxy groups -OCH3 is 1. The maximum absolute atomic E-state index is 12.4. The van der Waals surface area contributed by atoms with Gasteiger partial charge in [0.2, 0.25) is 0 Å². The minimum Gasteiger partial charge on any atom is -0.497 e. The molecule has 0 aliphatic rings. The number of hydrogen-bond acceptors (Lipinski definition) is 4. The van der Waals surface area contributed by atoms with Gasteiger partial charge in [0, 0.05) is 6.54 Å². The zero-order valence-electron chi connectivity index (χ0n) is 15.5. The zero-order valence-corrected chi connectivity index (χ0v) is 16.3. The van der Waals surface area contributed by atoms with E-state index in [4.69, 9.17) is 21.1 Å². The fraction of sp³-hybridized carbons (Fsp3) is 0.350. The lowest BCUT2D eigenvalue weighted by molar-refractivity contribution is -0.127. The first-order valence-electron chi connectivity index (χ1n) is 8.41. The first-order valence-corrected chi connectivity index (χ1v) is 8.79. The lowest BCUT2D eigenvalue weighted by atomic mass is 10.1. The summed E-state index contributed by atoms with van der Waals surface area (Å²) in [6.45, 7) is 2.16. The van der Waals surface area contributed by atoms with Gasteiger partial charge in [0.15, 0.2) is 6.10 Å². The number of carbonyl (C=O) groups excluding carboxylic acids is 1. The number of rotatable bonds is 8. The molecule has 2 aromatic rings. The second kappa shape index (κ2) is 9.46. The van der Waals surface area contributed by atoms with Crippen molar-refractivity contribution in [3.8, 4) is 11.5 Å². The standard InChI is InChI=1S/C20H25ClN2O3/c1-14(26-19-11-6-5-10-17(19)21)20(24)22-13-18(23(2)3)15-8-7-9-16(12-15)25-4/h5-12,14,18H,13H2,1-4H3,(H,22,24). The lowest BCUT2D eigenvalue weighted by Gasteiger charge is -2.26. The Morgan fingerprint density at radius 3 is 2.58 bits per heavy atom. The van der Waals surface area contributed by atoms with Gasteiger partial charge in [0.05, 0.1) is 18.2 Å². The van der Waals surface area contributed by atoms with Crippen molar-refractivity contribution in [1.29, 1.82) is 0 Å². The first-order chi connectivity index (χ1) is 12.4. The van der Waals surface area contributed by atoms with Gasteiger partial charge in [-0.3, -0.25) is 4.79 Å². The third kappa shape index (κ3) is 5.38. The highest BCUT2D eigenvalue weighted by atomic mass is 35.5. The Bertz CT molecular complexity index is 737. The van der Waals surface area contributed by atoms with Crippen molar-refractivity contribution in [2.24, 2.45) is 0 Å². The molecule has 6 heteroatoms. The molecule has 1 amide bonds. The van der Waals surface area contributed by atoms with Gasteiger partial charge in [-0.1, -0.05) is 35.9 Å². The van der Waals surface area contributed by atoms with Gasteiger partial charge in [-0.15, -0.1) is 0 Å². The number of ether oxygens (including phenoxy) is 2. The average Bonchev–Trinajstić information content (AvgIpc) is 2.63. The largest absolute Gasteiger partial charge is 0.497 e. The normalized spacial score (nSPS) is 13.2. The molecule has 0 aliphatic carbocycles. The molecule has 2 rings (SSSR count). The number of halogens is 1. The van der Waals surface area contributed by atoms with Crippen molar-refractivity contribution in [3.63, 3.8) is 0 Å². The number of likely N-dealkylation sites (N-methyl/N-ethyl adjacent to an activating group) is 1. The topological polar surface area (TPSA) is 50.8 Å². The van der Waals surface area contributed by atoms with E-state index in [1.165, 1.54) is 0 Å². The minimum absolute atomic E-state index is 0.0153. The van der Waals surface area contributed by atoms with Crippen molar-refractivity contribution in [2.45, 2.75) is 19.1 Å². The van der Waals surface area contributed by atoms with Gasteiger partial charge in [0.1, 0.15) is 11.5 Å². The van der Waals surface area contributed by atoms with E-state index in [9.17, 15) is 4.79 Å². The van der Waals surface area contributed by atoms with Crippen molar-refractivity contribution >= 4 is 17.5 Å². The van der Waals surface area contributed by atoms with Crippen LogP contribution in [0.15, 0.2) is 48.5 Å². The van der Waals surface area contributed by atoms with Gasteiger partial charge in [-0.05, 0) is 50.8 Å². The van der Waals surface area contributed by atoms with Crippen LogP contribution in [0, 0.1) is 0 Å². The molecule has 0 fully saturated rings. The molecule has 0 saturated heterocycles. The maximum Gasteiger partial charge on any atom is 0.260 e. The maximum atomic E-state index is 12.4. The molecule has 0 bridgehead atoms. The SMILES string of the molecule is COc1cccc(C(CNC(=O)C(C)Oc2ccccc2Cl)N(C)C)c1. The molecule has 0 aromatic heterocycles. The molecule has 5 nitrogen and oxygen atoms in total. The third-order valence-corrected chi connectivity index (χ3v) is 4.39. The molecule has 0 aliphatic heterocycles. The summed E-state index contributed by atoms with van der Waals surface area (Å²) < 4.78 is 11.0. The number of benzene rings is 2. The summed E-state index contributed by atoms with van der Waals surface area (Å²) in [7, 11) is 5.58. The monoisotopic (exact) mass is 376 g/mol. The quantitative estimate of drug-likeness (QED) is 0.765. The Morgan fingerprint density at radius 2 is 1.92 bits per heavy atom. The highest BCUT2D eigenvalue weighted by molar-refractivity contribution is 6.32. The van der Waals surface area contributed by atoms with E-state index >= 15 is 0 Å². The van der Waals surface area contributed by atoms with Gasteiger partial charge < -0.3 is 19.7 Å². The molecular weight excluding hydrogens is 352 g/mol. The predicted molar refractivity (Wildman–Crippen MR) is 104 cm³/mol. The van der Waals surface area contributed by atoms with E-state index in [0.717, 1.165) is 11.3 Å². The Hall–Kier alpha value is -2.24. The van der Waals surface area contributed by atoms with E-state index < -0.39 is 6.10 Å². The zero-order chi connectivity index (χ0) is 19.1. The number of amides is 1. The van der Waals surface area contributed by atoms with Crippen LogP contribution in [-0.2, 0) is 4.79 Å². The Kier molecular flexibility index (Phi) is 7.30. The van der Waals surface area contributed by atoms with Gasteiger partial charge >= 0.3 is 0 Å². The van der Waals surface area contributed by atoms with E-state index in [-0.39, 0.29) is 11.9 Å². The van der Waals surface area contributed by atoms with E-state index in [0.29, 0.717) is 17.3 Å². The van der Waals surface area contributed by atoms with Crippen LogP contribution in [0.2, 0.25) is 5.02 Å². The molecule has 0 saturated carbocycles. The second-order valence-electron chi connectivity index (χ2n) is 6.19. The molecule has 1 N–H and O–H groups in total. The number of nitrogens with one attached hydrogen (secondary N) is 1. The molecule has 0 heterocycles. The highest BCUT2D eigenvalue weighted by Crippen LogP contribution is 2.25. The van der Waals surface area contributed by atoms with Crippen LogP contribution in [0.25, 0.3) is 0 Å². The summed E-state index contributed by atoms with van der Waals surface area (Å²) in [5.41, 5.74) is 1.06.